The van der Waals surface area contributed by atoms with Crippen molar-refractivity contribution in [2.45, 2.75) is 87.1 Å². The number of carbonyl (C=O) groups is 1. The number of hydrogen-bond acceptors (Lipinski definition) is 3. The third-order valence-electron chi connectivity index (χ3n) is 10.4. The Labute approximate surface area is 197 Å². The summed E-state index contributed by atoms with van der Waals surface area (Å²) in [5, 5.41) is 3.38. The molecule has 0 unspecified atom stereocenters. The van der Waals surface area contributed by atoms with E-state index in [4.69, 9.17) is 0 Å². The van der Waals surface area contributed by atoms with Crippen molar-refractivity contribution in [2.24, 2.45) is 41.4 Å². The summed E-state index contributed by atoms with van der Waals surface area (Å²) in [7, 11) is -3.76. The summed E-state index contributed by atoms with van der Waals surface area (Å²) in [6.07, 6.45) is 13.1. The SMILES string of the molecule is O=C(NC12CC3CC(CC(C3)C1)C2)c1ccccc1S(=O)(=O)NC1C2CC3CC(C2)CC1C3. The molecule has 0 atom stereocenters. The molecule has 9 rings (SSSR count). The average molecular weight is 469 g/mol. The van der Waals surface area contributed by atoms with E-state index in [1.807, 2.05) is 0 Å². The second-order valence-corrected chi connectivity index (χ2v) is 14.4. The fourth-order valence-electron chi connectivity index (χ4n) is 9.82. The van der Waals surface area contributed by atoms with Gasteiger partial charge < -0.3 is 5.32 Å². The molecule has 2 N–H and O–H groups in total. The molecule has 0 saturated heterocycles. The van der Waals surface area contributed by atoms with E-state index in [0.29, 0.717) is 17.4 Å². The van der Waals surface area contributed by atoms with Gasteiger partial charge in [0.15, 0.2) is 0 Å². The van der Waals surface area contributed by atoms with Crippen molar-refractivity contribution in [3.05, 3.63) is 29.8 Å². The maximum absolute atomic E-state index is 13.6. The lowest BCUT2D eigenvalue weighted by Gasteiger charge is -2.56. The molecule has 0 heterocycles. The average Bonchev–Trinajstić information content (AvgIpc) is 2.74. The normalized spacial score (nSPS) is 44.8. The van der Waals surface area contributed by atoms with E-state index in [1.54, 1.807) is 24.3 Å². The first-order chi connectivity index (χ1) is 15.9. The summed E-state index contributed by atoms with van der Waals surface area (Å²) in [6, 6.07) is 6.87. The molecular weight excluding hydrogens is 432 g/mol. The quantitative estimate of drug-likeness (QED) is 0.669. The van der Waals surface area contributed by atoms with Gasteiger partial charge in [-0.2, -0.15) is 0 Å². The zero-order valence-electron chi connectivity index (χ0n) is 19.3. The van der Waals surface area contributed by atoms with Crippen LogP contribution in [0, 0.1) is 41.4 Å². The van der Waals surface area contributed by atoms with E-state index >= 15 is 0 Å². The van der Waals surface area contributed by atoms with Crippen LogP contribution < -0.4 is 10.0 Å². The molecule has 0 aromatic heterocycles. The Kier molecular flexibility index (Phi) is 4.63. The second kappa shape index (κ2) is 7.30. The number of amides is 1. The van der Waals surface area contributed by atoms with Crippen molar-refractivity contribution < 1.29 is 13.2 Å². The Bertz CT molecular complexity index is 1020. The standard InChI is InChI=1S/C27H36N2O3S/c30-26(28-27-13-18-6-19(14-27)8-20(7-18)15-27)23-3-1-2-4-24(23)33(31,32)29-25-21-9-16-5-17(11-21)12-22(25)10-16/h1-4,16-22,25,29H,5-15H2,(H,28,30). The van der Waals surface area contributed by atoms with E-state index in [1.165, 1.54) is 25.7 Å². The van der Waals surface area contributed by atoms with Crippen LogP contribution in [0.15, 0.2) is 29.2 Å². The Hall–Kier alpha value is -1.40. The summed E-state index contributed by atoms with van der Waals surface area (Å²) in [6.45, 7) is 0. The lowest BCUT2D eigenvalue weighted by molar-refractivity contribution is -0.0167. The van der Waals surface area contributed by atoms with Gasteiger partial charge in [0.2, 0.25) is 10.0 Å². The number of benzene rings is 1. The van der Waals surface area contributed by atoms with Crippen molar-refractivity contribution in [3.8, 4) is 0 Å². The molecule has 33 heavy (non-hydrogen) atoms. The molecule has 0 spiro atoms. The van der Waals surface area contributed by atoms with Crippen molar-refractivity contribution in [1.82, 2.24) is 10.0 Å². The van der Waals surface area contributed by atoms with E-state index in [-0.39, 0.29) is 22.4 Å². The van der Waals surface area contributed by atoms with Crippen LogP contribution in [0.25, 0.3) is 0 Å². The first-order valence-corrected chi connectivity index (χ1v) is 14.8. The summed E-state index contributed by atoms with van der Waals surface area (Å²) in [4.78, 5) is 13.7. The fraction of sp³-hybridized carbons (Fsp3) is 0.741. The molecule has 0 aliphatic heterocycles. The predicted molar refractivity (Wildman–Crippen MR) is 126 cm³/mol. The monoisotopic (exact) mass is 468 g/mol. The van der Waals surface area contributed by atoms with E-state index in [9.17, 15) is 13.2 Å². The van der Waals surface area contributed by atoms with E-state index in [2.05, 4.69) is 10.0 Å². The summed E-state index contributed by atoms with van der Waals surface area (Å²) in [5.74, 6) is 4.51. The molecule has 0 radical (unpaired) electrons. The van der Waals surface area contributed by atoms with Crippen LogP contribution in [0.5, 0.6) is 0 Å². The predicted octanol–water partition coefficient (Wildman–Crippen LogP) is 4.49. The summed E-state index contributed by atoms with van der Waals surface area (Å²) < 4.78 is 30.3. The highest BCUT2D eigenvalue weighted by atomic mass is 32.2. The molecule has 1 amide bonds. The summed E-state index contributed by atoms with van der Waals surface area (Å²) in [5.41, 5.74) is 0.182. The number of carbonyl (C=O) groups excluding carboxylic acids is 1. The maximum atomic E-state index is 13.6. The Balaban J connectivity index is 1.13. The molecule has 178 valence electrons. The van der Waals surface area contributed by atoms with Gasteiger partial charge in [0.25, 0.3) is 5.91 Å². The highest BCUT2D eigenvalue weighted by molar-refractivity contribution is 7.89. The minimum atomic E-state index is -3.76. The van der Waals surface area contributed by atoms with Crippen LogP contribution in [0.4, 0.5) is 0 Å². The van der Waals surface area contributed by atoms with Gasteiger partial charge >= 0.3 is 0 Å². The Morgan fingerprint density at radius 3 is 1.85 bits per heavy atom. The van der Waals surface area contributed by atoms with E-state index < -0.39 is 10.0 Å². The smallest absolute Gasteiger partial charge is 0.253 e. The van der Waals surface area contributed by atoms with E-state index in [0.717, 1.165) is 74.5 Å². The van der Waals surface area contributed by atoms with Gasteiger partial charge in [0.05, 0.1) is 10.5 Å². The third-order valence-corrected chi connectivity index (χ3v) is 11.9. The zero-order chi connectivity index (χ0) is 22.4. The Morgan fingerprint density at radius 2 is 1.27 bits per heavy atom. The van der Waals surface area contributed by atoms with Gasteiger partial charge in [-0.3, -0.25) is 4.79 Å². The minimum absolute atomic E-state index is 0.0297. The first kappa shape index (κ1) is 20.9. The van der Waals surface area contributed by atoms with Gasteiger partial charge in [0, 0.05) is 11.6 Å². The van der Waals surface area contributed by atoms with Crippen molar-refractivity contribution >= 4 is 15.9 Å². The highest BCUT2D eigenvalue weighted by Crippen LogP contribution is 2.56. The van der Waals surface area contributed by atoms with Crippen molar-refractivity contribution in [1.29, 1.82) is 0 Å². The number of rotatable bonds is 5. The van der Waals surface area contributed by atoms with Crippen molar-refractivity contribution in [3.63, 3.8) is 0 Å². The van der Waals surface area contributed by atoms with Gasteiger partial charge in [-0.25, -0.2) is 13.1 Å². The van der Waals surface area contributed by atoms with Crippen LogP contribution in [0.3, 0.4) is 0 Å². The Morgan fingerprint density at radius 1 is 0.758 bits per heavy atom. The molecule has 1 aromatic carbocycles. The van der Waals surface area contributed by atoms with Crippen LogP contribution >= 0.6 is 0 Å². The molecule has 5 nitrogen and oxygen atoms in total. The fourth-order valence-corrected chi connectivity index (χ4v) is 11.4. The number of nitrogens with one attached hydrogen (secondary N) is 2. The zero-order valence-corrected chi connectivity index (χ0v) is 20.2. The maximum Gasteiger partial charge on any atom is 0.253 e. The van der Waals surface area contributed by atoms with Crippen LogP contribution in [0.2, 0.25) is 0 Å². The van der Waals surface area contributed by atoms with Crippen LogP contribution in [-0.2, 0) is 10.0 Å². The van der Waals surface area contributed by atoms with Crippen LogP contribution in [0.1, 0.15) is 81.0 Å². The number of sulfonamides is 1. The van der Waals surface area contributed by atoms with Crippen molar-refractivity contribution in [2.75, 3.05) is 0 Å². The molecule has 8 fully saturated rings. The molecule has 8 aliphatic rings. The minimum Gasteiger partial charge on any atom is -0.347 e. The lowest BCUT2D eigenvalue weighted by Crippen LogP contribution is -2.60. The highest BCUT2D eigenvalue weighted by Gasteiger charge is 2.52. The topological polar surface area (TPSA) is 75.3 Å². The second-order valence-electron chi connectivity index (χ2n) is 12.7. The lowest BCUT2D eigenvalue weighted by atomic mass is 9.53. The molecule has 1 aromatic rings. The molecule has 8 bridgehead atoms. The molecule has 8 saturated carbocycles. The molecule has 6 heteroatoms. The third kappa shape index (κ3) is 3.50. The van der Waals surface area contributed by atoms with Gasteiger partial charge in [-0.1, -0.05) is 12.1 Å². The van der Waals surface area contributed by atoms with Gasteiger partial charge in [-0.05, 0) is 124 Å². The number of hydrogen-bond donors (Lipinski definition) is 2. The summed E-state index contributed by atoms with van der Waals surface area (Å²) >= 11 is 0. The molecular formula is C27H36N2O3S. The van der Waals surface area contributed by atoms with Gasteiger partial charge in [0.1, 0.15) is 0 Å². The largest absolute Gasteiger partial charge is 0.347 e. The van der Waals surface area contributed by atoms with Gasteiger partial charge in [-0.15, -0.1) is 0 Å². The molecule has 8 aliphatic carbocycles. The van der Waals surface area contributed by atoms with Crippen LogP contribution in [-0.4, -0.2) is 25.9 Å². The first-order valence-electron chi connectivity index (χ1n) is 13.3.